The normalized spacial score (nSPS) is 15.5. The Balaban J connectivity index is 1.34. The average Bonchev–Trinajstić information content (AvgIpc) is 3.34. The Kier molecular flexibility index (Phi) is 6.89. The van der Waals surface area contributed by atoms with Crippen molar-refractivity contribution >= 4 is 22.4 Å². The lowest BCUT2D eigenvalue weighted by atomic mass is 10.1. The summed E-state index contributed by atoms with van der Waals surface area (Å²) in [7, 11) is 0. The number of anilines is 2. The third-order valence-corrected chi connectivity index (χ3v) is 6.27. The lowest BCUT2D eigenvalue weighted by Gasteiger charge is -2.19. The SMILES string of the molecule is Cc1cc(Nc2ncnc3ccc(C#CCN4CCCC4CO)cc23)ccc1Oc1ccccc1. The highest BCUT2D eigenvalue weighted by Crippen LogP contribution is 2.30. The molecule has 2 heterocycles. The van der Waals surface area contributed by atoms with Crippen LogP contribution in [0, 0.1) is 18.8 Å². The van der Waals surface area contributed by atoms with Crippen molar-refractivity contribution in [1.82, 2.24) is 14.9 Å². The van der Waals surface area contributed by atoms with Crippen LogP contribution in [-0.2, 0) is 0 Å². The van der Waals surface area contributed by atoms with E-state index in [1.54, 1.807) is 6.33 Å². The molecule has 0 saturated carbocycles. The number of aromatic nitrogens is 2. The first-order valence-electron chi connectivity index (χ1n) is 11.9. The van der Waals surface area contributed by atoms with Crippen molar-refractivity contribution in [2.45, 2.75) is 25.8 Å². The van der Waals surface area contributed by atoms with E-state index in [4.69, 9.17) is 4.74 Å². The summed E-state index contributed by atoms with van der Waals surface area (Å²) in [4.78, 5) is 11.1. The molecule has 1 saturated heterocycles. The minimum atomic E-state index is 0.197. The average molecular weight is 465 g/mol. The van der Waals surface area contributed by atoms with Gasteiger partial charge < -0.3 is 15.2 Å². The summed E-state index contributed by atoms with van der Waals surface area (Å²) in [6.45, 7) is 3.88. The van der Waals surface area contributed by atoms with Crippen LogP contribution < -0.4 is 10.1 Å². The minimum Gasteiger partial charge on any atom is -0.457 e. The van der Waals surface area contributed by atoms with E-state index in [-0.39, 0.29) is 12.6 Å². The van der Waals surface area contributed by atoms with Gasteiger partial charge in [0.05, 0.1) is 18.7 Å². The third-order valence-electron chi connectivity index (χ3n) is 6.27. The van der Waals surface area contributed by atoms with Gasteiger partial charge in [0.1, 0.15) is 23.6 Å². The van der Waals surface area contributed by atoms with Gasteiger partial charge in [0.25, 0.3) is 0 Å². The molecule has 0 spiro atoms. The molecular formula is C29H28N4O2. The van der Waals surface area contributed by atoms with E-state index in [0.717, 1.165) is 64.4 Å². The Bertz CT molecular complexity index is 1380. The summed E-state index contributed by atoms with van der Waals surface area (Å²) in [6.07, 6.45) is 3.73. The van der Waals surface area contributed by atoms with Crippen molar-refractivity contribution in [2.24, 2.45) is 0 Å². The van der Waals surface area contributed by atoms with E-state index in [0.29, 0.717) is 6.54 Å². The smallest absolute Gasteiger partial charge is 0.141 e. The second-order valence-electron chi connectivity index (χ2n) is 8.73. The van der Waals surface area contributed by atoms with Crippen LogP contribution in [-0.4, -0.2) is 45.7 Å². The number of hydrogen-bond acceptors (Lipinski definition) is 6. The maximum absolute atomic E-state index is 9.50. The number of para-hydroxylation sites is 1. The van der Waals surface area contributed by atoms with E-state index in [1.807, 2.05) is 73.7 Å². The number of ether oxygens (including phenoxy) is 1. The second-order valence-corrected chi connectivity index (χ2v) is 8.73. The number of benzene rings is 3. The molecule has 0 radical (unpaired) electrons. The van der Waals surface area contributed by atoms with Gasteiger partial charge in [-0.2, -0.15) is 0 Å². The minimum absolute atomic E-state index is 0.197. The highest BCUT2D eigenvalue weighted by atomic mass is 16.5. The number of nitrogens with zero attached hydrogens (tertiary/aromatic N) is 3. The van der Waals surface area contributed by atoms with Crippen LogP contribution in [0.5, 0.6) is 11.5 Å². The van der Waals surface area contributed by atoms with Crippen LogP contribution >= 0.6 is 0 Å². The molecule has 6 nitrogen and oxygen atoms in total. The number of aryl methyl sites for hydroxylation is 1. The zero-order chi connectivity index (χ0) is 24.0. The van der Waals surface area contributed by atoms with Crippen molar-refractivity contribution in [1.29, 1.82) is 0 Å². The number of hydrogen-bond donors (Lipinski definition) is 2. The van der Waals surface area contributed by atoms with E-state index in [2.05, 4.69) is 32.0 Å². The Hall–Kier alpha value is -3.92. The third kappa shape index (κ3) is 5.43. The molecule has 176 valence electrons. The van der Waals surface area contributed by atoms with Crippen molar-refractivity contribution in [3.05, 3.63) is 84.2 Å². The van der Waals surface area contributed by atoms with Crippen LogP contribution in [0.25, 0.3) is 10.9 Å². The maximum Gasteiger partial charge on any atom is 0.141 e. The van der Waals surface area contributed by atoms with Gasteiger partial charge in [0, 0.05) is 22.7 Å². The summed E-state index contributed by atoms with van der Waals surface area (Å²) < 4.78 is 6.00. The Labute approximate surface area is 205 Å². The largest absolute Gasteiger partial charge is 0.457 e. The molecule has 1 aliphatic rings. The van der Waals surface area contributed by atoms with Gasteiger partial charge in [-0.1, -0.05) is 30.0 Å². The van der Waals surface area contributed by atoms with Crippen LogP contribution in [0.3, 0.4) is 0 Å². The first kappa shape index (κ1) is 22.9. The predicted molar refractivity (Wildman–Crippen MR) is 139 cm³/mol. The number of rotatable bonds is 6. The molecule has 0 bridgehead atoms. The number of nitrogens with one attached hydrogen (secondary N) is 1. The van der Waals surface area contributed by atoms with Gasteiger partial charge in [-0.3, -0.25) is 4.90 Å². The van der Waals surface area contributed by atoms with Crippen LogP contribution in [0.4, 0.5) is 11.5 Å². The standard InChI is InChI=1S/C29H28N4O2/c1-21-17-23(12-14-28(21)35-25-9-3-2-4-10-25)32-29-26-18-22(11-13-27(26)30-20-31-29)7-5-15-33-16-6-8-24(33)19-34/h2-4,9-14,17-18,20,24,34H,6,8,15-16,19H2,1H3,(H,30,31,32). The van der Waals surface area contributed by atoms with E-state index >= 15 is 0 Å². The van der Waals surface area contributed by atoms with Gasteiger partial charge >= 0.3 is 0 Å². The molecule has 0 aliphatic carbocycles. The molecule has 1 unspecified atom stereocenters. The topological polar surface area (TPSA) is 70.5 Å². The van der Waals surface area contributed by atoms with Gasteiger partial charge in [0.15, 0.2) is 0 Å². The molecule has 2 N–H and O–H groups in total. The van der Waals surface area contributed by atoms with Gasteiger partial charge in [0.2, 0.25) is 0 Å². The Morgan fingerprint density at radius 1 is 1.09 bits per heavy atom. The lowest BCUT2D eigenvalue weighted by Crippen LogP contribution is -2.32. The summed E-state index contributed by atoms with van der Waals surface area (Å²) in [5.74, 6) is 8.88. The summed E-state index contributed by atoms with van der Waals surface area (Å²) in [5, 5.41) is 13.8. The quantitative estimate of drug-likeness (QED) is 0.378. The summed E-state index contributed by atoms with van der Waals surface area (Å²) in [5.41, 5.74) is 3.71. The first-order chi connectivity index (χ1) is 17.2. The molecule has 1 atom stereocenters. The molecule has 1 aliphatic heterocycles. The first-order valence-corrected chi connectivity index (χ1v) is 11.9. The van der Waals surface area contributed by atoms with Crippen molar-refractivity contribution < 1.29 is 9.84 Å². The second kappa shape index (κ2) is 10.6. The monoisotopic (exact) mass is 464 g/mol. The molecule has 1 aromatic heterocycles. The maximum atomic E-state index is 9.50. The number of aliphatic hydroxyl groups is 1. The molecule has 1 fully saturated rings. The summed E-state index contributed by atoms with van der Waals surface area (Å²) >= 11 is 0. The zero-order valence-corrected chi connectivity index (χ0v) is 19.7. The van der Waals surface area contributed by atoms with Gasteiger partial charge in [-0.15, -0.1) is 0 Å². The molecule has 0 amide bonds. The number of likely N-dealkylation sites (tertiary alicyclic amines) is 1. The molecule has 4 aromatic rings. The van der Waals surface area contributed by atoms with Gasteiger partial charge in [-0.25, -0.2) is 9.97 Å². The van der Waals surface area contributed by atoms with E-state index < -0.39 is 0 Å². The van der Waals surface area contributed by atoms with Crippen LogP contribution in [0.1, 0.15) is 24.0 Å². The summed E-state index contributed by atoms with van der Waals surface area (Å²) in [6, 6.07) is 22.0. The van der Waals surface area contributed by atoms with Crippen LogP contribution in [0.2, 0.25) is 0 Å². The predicted octanol–water partition coefficient (Wildman–Crippen LogP) is 5.28. The van der Waals surface area contributed by atoms with Crippen molar-refractivity contribution in [2.75, 3.05) is 25.0 Å². The Morgan fingerprint density at radius 3 is 2.80 bits per heavy atom. The highest BCUT2D eigenvalue weighted by Gasteiger charge is 2.22. The highest BCUT2D eigenvalue weighted by molar-refractivity contribution is 5.91. The fraction of sp³-hybridized carbons (Fsp3) is 0.241. The zero-order valence-electron chi connectivity index (χ0n) is 19.7. The molecular weight excluding hydrogens is 436 g/mol. The number of fused-ring (bicyclic) bond motifs is 1. The van der Waals surface area contributed by atoms with Crippen molar-refractivity contribution in [3.63, 3.8) is 0 Å². The van der Waals surface area contributed by atoms with Gasteiger partial charge in [-0.05, 0) is 80.4 Å². The fourth-order valence-corrected chi connectivity index (χ4v) is 4.38. The van der Waals surface area contributed by atoms with Crippen LogP contribution in [0.15, 0.2) is 73.1 Å². The molecule has 3 aromatic carbocycles. The lowest BCUT2D eigenvalue weighted by molar-refractivity contribution is 0.171. The Morgan fingerprint density at radius 2 is 1.97 bits per heavy atom. The molecule has 5 rings (SSSR count). The molecule has 6 heteroatoms. The molecule has 35 heavy (non-hydrogen) atoms. The van der Waals surface area contributed by atoms with E-state index in [9.17, 15) is 5.11 Å². The fourth-order valence-electron chi connectivity index (χ4n) is 4.38. The van der Waals surface area contributed by atoms with E-state index in [1.165, 1.54) is 0 Å². The number of aliphatic hydroxyl groups excluding tert-OH is 1. The van der Waals surface area contributed by atoms with Crippen molar-refractivity contribution in [3.8, 4) is 23.3 Å².